The second-order valence-electron chi connectivity index (χ2n) is 4.67. The van der Waals surface area contributed by atoms with Gasteiger partial charge in [-0.05, 0) is 5.75 Å². The summed E-state index contributed by atoms with van der Waals surface area (Å²) in [6, 6.07) is 0. The first kappa shape index (κ1) is 17.6. The minimum atomic E-state index is -0.525. The number of nitrogens with zero attached hydrogens (tertiary/aromatic N) is 1. The molecular weight excluding hydrogens is 268 g/mol. The molecule has 1 amide bonds. The van der Waals surface area contributed by atoms with Gasteiger partial charge in [0.2, 0.25) is 0 Å². The molecule has 0 unspecified atom stereocenters. The zero-order valence-electron chi connectivity index (χ0n) is 11.9. The minimum Gasteiger partial charge on any atom is -0.323 e. The number of hydrogen-bond acceptors (Lipinski definition) is 5. The van der Waals surface area contributed by atoms with Gasteiger partial charge in [-0.2, -0.15) is 23.5 Å². The molecular formula is C12H24N2O2S2. The standard InChI is InChI=1S/C12H24N2O2S2/c1-6-17-7-8-18-9-10(12(2,3)4)14-16-11(15)13-5/h6-9H2,1-5H3,(H,13,15). The van der Waals surface area contributed by atoms with Crippen molar-refractivity contribution in [1.82, 2.24) is 5.32 Å². The van der Waals surface area contributed by atoms with Crippen molar-refractivity contribution in [2.45, 2.75) is 27.7 Å². The van der Waals surface area contributed by atoms with Gasteiger partial charge in [-0.25, -0.2) is 4.79 Å². The van der Waals surface area contributed by atoms with Crippen molar-refractivity contribution >= 4 is 35.3 Å². The predicted molar refractivity (Wildman–Crippen MR) is 82.8 cm³/mol. The van der Waals surface area contributed by atoms with Crippen LogP contribution in [0.15, 0.2) is 5.16 Å². The molecule has 0 aliphatic carbocycles. The van der Waals surface area contributed by atoms with Gasteiger partial charge in [-0.15, -0.1) is 0 Å². The Kier molecular flexibility index (Phi) is 9.36. The molecule has 0 fully saturated rings. The van der Waals surface area contributed by atoms with Crippen molar-refractivity contribution in [3.8, 4) is 0 Å². The van der Waals surface area contributed by atoms with E-state index < -0.39 is 6.09 Å². The average molecular weight is 292 g/mol. The summed E-state index contributed by atoms with van der Waals surface area (Å²) in [6.07, 6.45) is -0.525. The summed E-state index contributed by atoms with van der Waals surface area (Å²) in [6.45, 7) is 8.37. The molecule has 0 saturated carbocycles. The molecule has 0 radical (unpaired) electrons. The van der Waals surface area contributed by atoms with Crippen molar-refractivity contribution in [1.29, 1.82) is 0 Å². The van der Waals surface area contributed by atoms with Crippen LogP contribution in [0, 0.1) is 5.41 Å². The van der Waals surface area contributed by atoms with E-state index in [4.69, 9.17) is 4.84 Å². The van der Waals surface area contributed by atoms with E-state index in [2.05, 4.69) is 38.2 Å². The summed E-state index contributed by atoms with van der Waals surface area (Å²) < 4.78 is 0. The average Bonchev–Trinajstić information content (AvgIpc) is 2.30. The van der Waals surface area contributed by atoms with Gasteiger partial charge in [0.05, 0.1) is 5.71 Å². The molecule has 0 spiro atoms. The molecule has 106 valence electrons. The quantitative estimate of drug-likeness (QED) is 0.339. The molecule has 0 rings (SSSR count). The summed E-state index contributed by atoms with van der Waals surface area (Å²) in [5.74, 6) is 4.19. The van der Waals surface area contributed by atoms with Crippen molar-refractivity contribution in [2.75, 3.05) is 30.1 Å². The molecule has 0 aromatic rings. The van der Waals surface area contributed by atoms with E-state index in [1.54, 1.807) is 0 Å². The van der Waals surface area contributed by atoms with Crippen molar-refractivity contribution in [3.63, 3.8) is 0 Å². The summed E-state index contributed by atoms with van der Waals surface area (Å²) in [7, 11) is 1.52. The third-order valence-corrected chi connectivity index (χ3v) is 4.25. The van der Waals surface area contributed by atoms with Crippen LogP contribution in [0.4, 0.5) is 4.79 Å². The van der Waals surface area contributed by atoms with E-state index in [9.17, 15) is 4.79 Å². The molecule has 0 aliphatic rings. The van der Waals surface area contributed by atoms with E-state index >= 15 is 0 Å². The van der Waals surface area contributed by atoms with Crippen LogP contribution in [0.2, 0.25) is 0 Å². The number of thioether (sulfide) groups is 2. The van der Waals surface area contributed by atoms with Crippen LogP contribution in [-0.2, 0) is 4.84 Å². The number of carbonyl (C=O) groups is 1. The number of amides is 1. The monoisotopic (exact) mass is 292 g/mol. The van der Waals surface area contributed by atoms with E-state index in [-0.39, 0.29) is 5.41 Å². The molecule has 6 heteroatoms. The van der Waals surface area contributed by atoms with E-state index in [0.717, 1.165) is 28.7 Å². The maximum Gasteiger partial charge on any atom is 0.433 e. The fraction of sp³-hybridized carbons (Fsp3) is 0.833. The van der Waals surface area contributed by atoms with E-state index in [1.165, 1.54) is 7.05 Å². The topological polar surface area (TPSA) is 50.7 Å². The highest BCUT2D eigenvalue weighted by Gasteiger charge is 2.20. The molecule has 0 heterocycles. The number of nitrogens with one attached hydrogen (secondary N) is 1. The number of carbonyl (C=O) groups excluding carboxylic acids is 1. The smallest absolute Gasteiger partial charge is 0.323 e. The fourth-order valence-corrected chi connectivity index (χ4v) is 3.01. The lowest BCUT2D eigenvalue weighted by Crippen LogP contribution is -2.25. The Balaban J connectivity index is 4.21. The van der Waals surface area contributed by atoms with Crippen LogP contribution in [-0.4, -0.2) is 41.9 Å². The van der Waals surface area contributed by atoms with E-state index in [1.807, 2.05) is 23.5 Å². The first-order chi connectivity index (χ1) is 8.41. The van der Waals surface area contributed by atoms with Crippen LogP contribution < -0.4 is 5.32 Å². The summed E-state index contributed by atoms with van der Waals surface area (Å²) in [5.41, 5.74) is 0.816. The largest absolute Gasteiger partial charge is 0.433 e. The van der Waals surface area contributed by atoms with Gasteiger partial charge in [0.25, 0.3) is 0 Å². The second kappa shape index (κ2) is 9.55. The van der Waals surface area contributed by atoms with Crippen LogP contribution in [0.25, 0.3) is 0 Å². The summed E-state index contributed by atoms with van der Waals surface area (Å²) in [5, 5.41) is 6.34. The van der Waals surface area contributed by atoms with Gasteiger partial charge < -0.3 is 5.32 Å². The van der Waals surface area contributed by atoms with Gasteiger partial charge in [-0.1, -0.05) is 32.9 Å². The normalized spacial score (nSPS) is 12.4. The highest BCUT2D eigenvalue weighted by Crippen LogP contribution is 2.20. The molecule has 1 N–H and O–H groups in total. The highest BCUT2D eigenvalue weighted by atomic mass is 32.2. The molecule has 0 saturated heterocycles. The van der Waals surface area contributed by atoms with E-state index in [0.29, 0.717) is 0 Å². The first-order valence-electron chi connectivity index (χ1n) is 6.03. The molecule has 0 aromatic heterocycles. The fourth-order valence-electron chi connectivity index (χ4n) is 0.953. The van der Waals surface area contributed by atoms with Gasteiger partial charge in [0.15, 0.2) is 0 Å². The van der Waals surface area contributed by atoms with Crippen LogP contribution in [0.3, 0.4) is 0 Å². The number of hydrogen-bond donors (Lipinski definition) is 1. The molecule has 0 atom stereocenters. The minimum absolute atomic E-state index is 0.0844. The third-order valence-electron chi connectivity index (χ3n) is 2.12. The Morgan fingerprint density at radius 3 is 2.39 bits per heavy atom. The van der Waals surface area contributed by atoms with Gasteiger partial charge >= 0.3 is 6.09 Å². The third kappa shape index (κ3) is 8.69. The van der Waals surface area contributed by atoms with Gasteiger partial charge in [0, 0.05) is 29.7 Å². The summed E-state index contributed by atoms with van der Waals surface area (Å²) in [4.78, 5) is 15.8. The van der Waals surface area contributed by atoms with Crippen LogP contribution >= 0.6 is 23.5 Å². The lowest BCUT2D eigenvalue weighted by molar-refractivity contribution is 0.152. The SMILES string of the molecule is CCSCCSCC(=NOC(=O)NC)C(C)(C)C. The second-order valence-corrected chi connectivity index (χ2v) is 7.17. The van der Waals surface area contributed by atoms with Crippen LogP contribution in [0.5, 0.6) is 0 Å². The lowest BCUT2D eigenvalue weighted by Gasteiger charge is -2.20. The molecule has 0 bridgehead atoms. The highest BCUT2D eigenvalue weighted by molar-refractivity contribution is 8.03. The van der Waals surface area contributed by atoms with Gasteiger partial charge in [0.1, 0.15) is 0 Å². The molecule has 18 heavy (non-hydrogen) atoms. The Morgan fingerprint density at radius 2 is 1.89 bits per heavy atom. The molecule has 4 nitrogen and oxygen atoms in total. The Hall–Kier alpha value is -0.360. The predicted octanol–water partition coefficient (Wildman–Crippen LogP) is 3.23. The first-order valence-corrected chi connectivity index (χ1v) is 8.34. The molecule has 0 aliphatic heterocycles. The zero-order valence-corrected chi connectivity index (χ0v) is 13.5. The maximum absolute atomic E-state index is 11.0. The number of rotatable bonds is 7. The lowest BCUT2D eigenvalue weighted by atomic mass is 9.91. The van der Waals surface area contributed by atoms with Gasteiger partial charge in [-0.3, -0.25) is 4.84 Å². The van der Waals surface area contributed by atoms with Crippen molar-refractivity contribution in [2.24, 2.45) is 10.6 Å². The van der Waals surface area contributed by atoms with Crippen LogP contribution in [0.1, 0.15) is 27.7 Å². The van der Waals surface area contributed by atoms with Crippen molar-refractivity contribution in [3.05, 3.63) is 0 Å². The molecule has 0 aromatic carbocycles. The summed E-state index contributed by atoms with van der Waals surface area (Å²) >= 11 is 3.76. The maximum atomic E-state index is 11.0. The van der Waals surface area contributed by atoms with Crippen molar-refractivity contribution < 1.29 is 9.63 Å². The Labute approximate surface area is 119 Å². The number of oxime groups is 1. The Bertz CT molecular complexity index is 276. The Morgan fingerprint density at radius 1 is 1.28 bits per heavy atom. The zero-order chi connectivity index (χ0) is 14.0.